The highest BCUT2D eigenvalue weighted by Gasteiger charge is 2.43. The molecule has 2 saturated heterocycles. The zero-order valence-corrected chi connectivity index (χ0v) is 20.4. The van der Waals surface area contributed by atoms with Crippen LogP contribution < -0.4 is 15.4 Å². The molecule has 2 amide bonds. The minimum absolute atomic E-state index is 0. The lowest BCUT2D eigenvalue weighted by Crippen LogP contribution is -2.63. The van der Waals surface area contributed by atoms with Crippen LogP contribution in [0.15, 0.2) is 42.7 Å². The molecule has 9 nitrogen and oxygen atoms in total. The fourth-order valence-electron chi connectivity index (χ4n) is 4.47. The molecule has 3 atom stereocenters. The molecule has 4 rings (SSSR count). The number of hydrogen-bond donors (Lipinski definition) is 3. The fraction of sp³-hybridized carbons (Fsp3) is 0.391. The standard InChI is InChI=1S/C23H26ClN5O4.ClH/c1-14-11-16(8-10-33-14)29-19(30)12-23(2,27-22(29)25)17-6-3-7-18(20(17)24)26-21(31)15-5-4-9-28(32)13-15;/h3-7,9,13-14,16H,8,10-12H2,1-2H3,(H2,25,27)(H,26,31);1H/t14-,16-,23+;/m1./s1. The number of amides is 2. The lowest BCUT2D eigenvalue weighted by atomic mass is 9.85. The summed E-state index contributed by atoms with van der Waals surface area (Å²) in [5.41, 5.74) is 0.203. The molecule has 1 aromatic heterocycles. The zero-order valence-electron chi connectivity index (χ0n) is 18.8. The normalized spacial score (nSPS) is 24.7. The van der Waals surface area contributed by atoms with Crippen molar-refractivity contribution in [1.29, 1.82) is 5.41 Å². The van der Waals surface area contributed by atoms with E-state index in [1.54, 1.807) is 18.2 Å². The molecule has 3 N–H and O–H groups in total. The van der Waals surface area contributed by atoms with E-state index in [0.29, 0.717) is 35.4 Å². The average molecular weight is 508 g/mol. The highest BCUT2D eigenvalue weighted by molar-refractivity contribution is 6.35. The average Bonchev–Trinajstić information content (AvgIpc) is 2.74. The predicted octanol–water partition coefficient (Wildman–Crippen LogP) is 3.19. The summed E-state index contributed by atoms with van der Waals surface area (Å²) in [5, 5.41) is 26.2. The molecule has 1 aromatic carbocycles. The van der Waals surface area contributed by atoms with Gasteiger partial charge >= 0.3 is 0 Å². The van der Waals surface area contributed by atoms with Crippen LogP contribution in [-0.2, 0) is 15.1 Å². The molecular formula is C23H27Cl2N5O4. The van der Waals surface area contributed by atoms with Gasteiger partial charge in [-0.3, -0.25) is 19.9 Å². The Kier molecular flexibility index (Phi) is 7.70. The molecule has 0 bridgehead atoms. The van der Waals surface area contributed by atoms with Gasteiger partial charge in [0.05, 0.1) is 28.8 Å². The summed E-state index contributed by atoms with van der Waals surface area (Å²) in [6.45, 7) is 4.34. The molecule has 2 aliphatic rings. The summed E-state index contributed by atoms with van der Waals surface area (Å²) in [6, 6.07) is 8.07. The number of aromatic nitrogens is 1. The van der Waals surface area contributed by atoms with Gasteiger partial charge in [0.2, 0.25) is 5.91 Å². The third kappa shape index (κ3) is 5.11. The fourth-order valence-corrected chi connectivity index (χ4v) is 4.86. The highest BCUT2D eigenvalue weighted by Crippen LogP contribution is 2.38. The van der Waals surface area contributed by atoms with Crippen LogP contribution in [0.2, 0.25) is 5.02 Å². The van der Waals surface area contributed by atoms with Crippen LogP contribution in [0.25, 0.3) is 0 Å². The van der Waals surface area contributed by atoms with Crippen molar-refractivity contribution in [3.8, 4) is 0 Å². The minimum atomic E-state index is -0.927. The van der Waals surface area contributed by atoms with Gasteiger partial charge in [-0.25, -0.2) is 0 Å². The SMILES string of the molecule is C[C@@H]1C[C@H](N2C(=N)N[C@](C)(c3cccc(NC(=O)c4ccc[n+]([O-])c4)c3Cl)CC2=O)CCO1.Cl. The van der Waals surface area contributed by atoms with Crippen LogP contribution in [0.1, 0.15) is 49.0 Å². The van der Waals surface area contributed by atoms with Crippen molar-refractivity contribution in [2.24, 2.45) is 0 Å². The van der Waals surface area contributed by atoms with Crippen LogP contribution in [0.4, 0.5) is 5.69 Å². The number of pyridine rings is 1. The van der Waals surface area contributed by atoms with Gasteiger partial charge in [0, 0.05) is 18.7 Å². The maximum atomic E-state index is 13.2. The van der Waals surface area contributed by atoms with Crippen molar-refractivity contribution in [1.82, 2.24) is 10.2 Å². The van der Waals surface area contributed by atoms with E-state index in [4.69, 9.17) is 21.7 Å². The molecular weight excluding hydrogens is 481 g/mol. The molecule has 0 spiro atoms. The first-order chi connectivity index (χ1) is 15.7. The number of benzene rings is 1. The van der Waals surface area contributed by atoms with Gasteiger partial charge in [0.15, 0.2) is 18.4 Å². The van der Waals surface area contributed by atoms with Crippen molar-refractivity contribution in [2.45, 2.75) is 50.8 Å². The number of halogens is 2. The molecule has 182 valence electrons. The third-order valence-electron chi connectivity index (χ3n) is 6.11. The second kappa shape index (κ2) is 10.2. The Hall–Kier alpha value is -2.88. The predicted molar refractivity (Wildman–Crippen MR) is 130 cm³/mol. The third-order valence-corrected chi connectivity index (χ3v) is 6.52. The molecule has 0 aliphatic carbocycles. The van der Waals surface area contributed by atoms with Gasteiger partial charge in [0.25, 0.3) is 5.91 Å². The number of anilines is 1. The number of guanidine groups is 1. The molecule has 3 heterocycles. The van der Waals surface area contributed by atoms with Crippen molar-refractivity contribution < 1.29 is 19.1 Å². The number of carbonyl (C=O) groups is 2. The summed E-state index contributed by atoms with van der Waals surface area (Å²) in [7, 11) is 0. The van der Waals surface area contributed by atoms with Gasteiger partial charge in [-0.15, -0.1) is 12.4 Å². The molecule has 0 radical (unpaired) electrons. The van der Waals surface area contributed by atoms with Gasteiger partial charge in [-0.2, -0.15) is 4.73 Å². The lowest BCUT2D eigenvalue weighted by molar-refractivity contribution is -0.605. The first-order valence-corrected chi connectivity index (χ1v) is 11.2. The molecule has 2 fully saturated rings. The van der Waals surface area contributed by atoms with Gasteiger partial charge < -0.3 is 20.6 Å². The van der Waals surface area contributed by atoms with Crippen molar-refractivity contribution in [2.75, 3.05) is 11.9 Å². The summed E-state index contributed by atoms with van der Waals surface area (Å²) in [4.78, 5) is 27.3. The summed E-state index contributed by atoms with van der Waals surface area (Å²) in [6.07, 6.45) is 3.96. The first-order valence-electron chi connectivity index (χ1n) is 10.8. The van der Waals surface area contributed by atoms with E-state index in [2.05, 4.69) is 10.6 Å². The monoisotopic (exact) mass is 507 g/mol. The Morgan fingerprint density at radius 1 is 1.38 bits per heavy atom. The molecule has 2 aromatic rings. The molecule has 2 aliphatic heterocycles. The second-order valence-corrected chi connectivity index (χ2v) is 9.06. The van der Waals surface area contributed by atoms with E-state index in [-0.39, 0.29) is 53.4 Å². The van der Waals surface area contributed by atoms with Gasteiger partial charge in [-0.05, 0) is 44.4 Å². The Morgan fingerprint density at radius 3 is 2.82 bits per heavy atom. The zero-order chi connectivity index (χ0) is 23.8. The Labute approximate surface area is 208 Å². The molecule has 0 saturated carbocycles. The maximum absolute atomic E-state index is 13.2. The van der Waals surface area contributed by atoms with Crippen LogP contribution in [0.5, 0.6) is 0 Å². The van der Waals surface area contributed by atoms with E-state index < -0.39 is 11.4 Å². The molecule has 0 unspecified atom stereocenters. The van der Waals surface area contributed by atoms with E-state index in [9.17, 15) is 14.8 Å². The van der Waals surface area contributed by atoms with Crippen LogP contribution in [0.3, 0.4) is 0 Å². The summed E-state index contributed by atoms with van der Waals surface area (Å²) in [5.74, 6) is -0.609. The smallest absolute Gasteiger partial charge is 0.261 e. The van der Waals surface area contributed by atoms with E-state index in [1.807, 2.05) is 13.8 Å². The number of hydrogen-bond acceptors (Lipinski definition) is 5. The molecule has 34 heavy (non-hydrogen) atoms. The van der Waals surface area contributed by atoms with E-state index in [0.717, 1.165) is 0 Å². The van der Waals surface area contributed by atoms with Gasteiger partial charge in [0.1, 0.15) is 5.56 Å². The summed E-state index contributed by atoms with van der Waals surface area (Å²) < 4.78 is 6.12. The minimum Gasteiger partial charge on any atom is -0.619 e. The van der Waals surface area contributed by atoms with Gasteiger partial charge in [-0.1, -0.05) is 23.7 Å². The second-order valence-electron chi connectivity index (χ2n) is 8.68. The van der Waals surface area contributed by atoms with Crippen molar-refractivity contribution >= 4 is 47.5 Å². The van der Waals surface area contributed by atoms with E-state index in [1.165, 1.54) is 29.4 Å². The van der Waals surface area contributed by atoms with Crippen LogP contribution in [-0.4, -0.2) is 41.4 Å². The number of nitrogens with zero attached hydrogens (tertiary/aromatic N) is 2. The highest BCUT2D eigenvalue weighted by atomic mass is 35.5. The molecule has 11 heteroatoms. The number of rotatable bonds is 4. The Morgan fingerprint density at radius 2 is 2.15 bits per heavy atom. The Balaban J connectivity index is 0.00000324. The first kappa shape index (κ1) is 25.7. The quantitative estimate of drug-likeness (QED) is 0.433. The topological polar surface area (TPSA) is 121 Å². The van der Waals surface area contributed by atoms with Crippen LogP contribution in [0, 0.1) is 10.6 Å². The lowest BCUT2D eigenvalue weighted by Gasteiger charge is -2.45. The summed E-state index contributed by atoms with van der Waals surface area (Å²) >= 11 is 6.66. The number of carbonyl (C=O) groups excluding carboxylic acids is 2. The van der Waals surface area contributed by atoms with Crippen molar-refractivity contribution in [3.05, 3.63) is 64.1 Å². The van der Waals surface area contributed by atoms with Crippen LogP contribution >= 0.6 is 24.0 Å². The maximum Gasteiger partial charge on any atom is 0.261 e. The van der Waals surface area contributed by atoms with Crippen molar-refractivity contribution in [3.63, 3.8) is 0 Å². The number of ether oxygens (including phenoxy) is 1. The Bertz CT molecular complexity index is 1090. The number of nitrogens with one attached hydrogen (secondary N) is 3. The van der Waals surface area contributed by atoms with E-state index >= 15 is 0 Å². The largest absolute Gasteiger partial charge is 0.619 e.